The van der Waals surface area contributed by atoms with Crippen molar-refractivity contribution >= 4 is 17.4 Å². The van der Waals surface area contributed by atoms with Gasteiger partial charge in [-0.15, -0.1) is 0 Å². The molecule has 19 heavy (non-hydrogen) atoms. The molecule has 0 aliphatic rings. The Labute approximate surface area is 117 Å². The lowest BCUT2D eigenvalue weighted by atomic mass is 10.3. The van der Waals surface area contributed by atoms with Crippen molar-refractivity contribution < 1.29 is 4.74 Å². The average molecular weight is 278 g/mol. The quantitative estimate of drug-likeness (QED) is 0.911. The first-order chi connectivity index (χ1) is 9.16. The molecule has 1 N–H and O–H groups in total. The molecule has 0 spiro atoms. The van der Waals surface area contributed by atoms with Crippen molar-refractivity contribution in [1.29, 1.82) is 0 Å². The van der Waals surface area contributed by atoms with Gasteiger partial charge >= 0.3 is 0 Å². The van der Waals surface area contributed by atoms with Gasteiger partial charge in [-0.1, -0.05) is 29.8 Å². The van der Waals surface area contributed by atoms with E-state index in [1.807, 2.05) is 44.2 Å². The van der Waals surface area contributed by atoms with Crippen LogP contribution in [-0.2, 0) is 0 Å². The monoisotopic (exact) mass is 277 g/mol. The summed E-state index contributed by atoms with van der Waals surface area (Å²) >= 11 is 6.13. The highest BCUT2D eigenvalue weighted by Gasteiger charge is 2.09. The van der Waals surface area contributed by atoms with E-state index < -0.39 is 0 Å². The molecule has 1 aromatic heterocycles. The molecule has 1 unspecified atom stereocenters. The van der Waals surface area contributed by atoms with Crippen LogP contribution in [0.2, 0.25) is 5.02 Å². The fourth-order valence-electron chi connectivity index (χ4n) is 1.57. The van der Waals surface area contributed by atoms with Gasteiger partial charge in [0.25, 0.3) is 0 Å². The van der Waals surface area contributed by atoms with Gasteiger partial charge in [0.2, 0.25) is 0 Å². The van der Waals surface area contributed by atoms with Crippen molar-refractivity contribution in [3.8, 4) is 5.75 Å². The number of halogens is 1. The maximum Gasteiger partial charge on any atom is 0.148 e. The summed E-state index contributed by atoms with van der Waals surface area (Å²) in [6, 6.07) is 9.78. The zero-order chi connectivity index (χ0) is 13.7. The molecule has 0 fully saturated rings. The minimum atomic E-state index is 0.0898. The molecule has 1 aromatic carbocycles. The lowest BCUT2D eigenvalue weighted by molar-refractivity contribution is 0.303. The Hall–Kier alpha value is -1.81. The number of aryl methyl sites for hydroxylation is 1. The van der Waals surface area contributed by atoms with E-state index in [2.05, 4.69) is 15.3 Å². The van der Waals surface area contributed by atoms with E-state index in [1.54, 1.807) is 0 Å². The highest BCUT2D eigenvalue weighted by molar-refractivity contribution is 6.33. The maximum atomic E-state index is 6.13. The number of ether oxygens (including phenoxy) is 1. The van der Waals surface area contributed by atoms with Crippen LogP contribution >= 0.6 is 11.6 Å². The Morgan fingerprint density at radius 2 is 2.00 bits per heavy atom. The van der Waals surface area contributed by atoms with Gasteiger partial charge in [-0.2, -0.15) is 0 Å². The van der Waals surface area contributed by atoms with Gasteiger partial charge in [0.15, 0.2) is 0 Å². The summed E-state index contributed by atoms with van der Waals surface area (Å²) in [5, 5.41) is 3.76. The summed E-state index contributed by atoms with van der Waals surface area (Å²) in [4.78, 5) is 8.15. The van der Waals surface area contributed by atoms with Crippen LogP contribution in [0.1, 0.15) is 12.6 Å². The summed E-state index contributed by atoms with van der Waals surface area (Å²) < 4.78 is 5.66. The lowest BCUT2D eigenvalue weighted by Gasteiger charge is -2.16. The van der Waals surface area contributed by atoms with Crippen LogP contribution in [0.5, 0.6) is 5.75 Å². The third-order valence-electron chi connectivity index (χ3n) is 2.59. The molecule has 0 aliphatic heterocycles. The SMILES string of the molecule is Cc1ncnc(NC(C)COc2ccccc2)c1Cl. The van der Waals surface area contributed by atoms with Gasteiger partial charge in [-0.25, -0.2) is 9.97 Å². The molecule has 0 saturated carbocycles. The van der Waals surface area contributed by atoms with Crippen LogP contribution in [0.15, 0.2) is 36.7 Å². The average Bonchev–Trinajstić information content (AvgIpc) is 2.43. The van der Waals surface area contributed by atoms with Gasteiger partial charge in [0.05, 0.1) is 11.7 Å². The predicted molar refractivity (Wildman–Crippen MR) is 76.8 cm³/mol. The molecule has 0 bridgehead atoms. The first kappa shape index (κ1) is 13.6. The summed E-state index contributed by atoms with van der Waals surface area (Å²) in [6.45, 7) is 4.39. The molecule has 2 aromatic rings. The minimum absolute atomic E-state index is 0.0898. The van der Waals surface area contributed by atoms with E-state index >= 15 is 0 Å². The van der Waals surface area contributed by atoms with Crippen molar-refractivity contribution in [1.82, 2.24) is 9.97 Å². The van der Waals surface area contributed by atoms with E-state index in [4.69, 9.17) is 16.3 Å². The standard InChI is InChI=1S/C14H16ClN3O/c1-10(8-19-12-6-4-3-5-7-12)18-14-13(15)11(2)16-9-17-14/h3-7,9-10H,8H2,1-2H3,(H,16,17,18). The van der Waals surface area contributed by atoms with Crippen LogP contribution in [0.25, 0.3) is 0 Å². The maximum absolute atomic E-state index is 6.13. The Bertz CT molecular complexity index is 533. The van der Waals surface area contributed by atoms with E-state index in [1.165, 1.54) is 6.33 Å². The highest BCUT2D eigenvalue weighted by atomic mass is 35.5. The summed E-state index contributed by atoms with van der Waals surface area (Å²) in [5.74, 6) is 1.49. The number of para-hydroxylation sites is 1. The minimum Gasteiger partial charge on any atom is -0.491 e. The second kappa shape index (κ2) is 6.38. The molecule has 0 saturated heterocycles. The number of benzene rings is 1. The molecule has 1 atom stereocenters. The molecule has 100 valence electrons. The number of nitrogens with zero attached hydrogens (tertiary/aromatic N) is 2. The largest absolute Gasteiger partial charge is 0.491 e. The summed E-state index contributed by atoms with van der Waals surface area (Å²) in [7, 11) is 0. The first-order valence-electron chi connectivity index (χ1n) is 6.08. The van der Waals surface area contributed by atoms with Crippen molar-refractivity contribution in [2.24, 2.45) is 0 Å². The number of nitrogens with one attached hydrogen (secondary N) is 1. The van der Waals surface area contributed by atoms with Gasteiger partial charge in [-0.05, 0) is 26.0 Å². The van der Waals surface area contributed by atoms with E-state index in [0.717, 1.165) is 11.4 Å². The van der Waals surface area contributed by atoms with Gasteiger partial charge in [0.1, 0.15) is 29.5 Å². The third-order valence-corrected chi connectivity index (χ3v) is 3.04. The molecule has 5 heteroatoms. The number of hydrogen-bond donors (Lipinski definition) is 1. The second-order valence-corrected chi connectivity index (χ2v) is 4.67. The zero-order valence-electron chi connectivity index (χ0n) is 10.9. The Kier molecular flexibility index (Phi) is 4.58. The number of anilines is 1. The van der Waals surface area contributed by atoms with Gasteiger partial charge < -0.3 is 10.1 Å². The van der Waals surface area contributed by atoms with E-state index in [-0.39, 0.29) is 6.04 Å². The second-order valence-electron chi connectivity index (χ2n) is 4.29. The Morgan fingerprint density at radius 1 is 1.26 bits per heavy atom. The van der Waals surface area contributed by atoms with E-state index in [9.17, 15) is 0 Å². The lowest BCUT2D eigenvalue weighted by Crippen LogP contribution is -2.24. The molecule has 0 aliphatic carbocycles. The van der Waals surface area contributed by atoms with Crippen molar-refractivity contribution in [2.75, 3.05) is 11.9 Å². The topological polar surface area (TPSA) is 47.0 Å². The van der Waals surface area contributed by atoms with Gasteiger partial charge in [0, 0.05) is 0 Å². The van der Waals surface area contributed by atoms with Crippen LogP contribution in [0.3, 0.4) is 0 Å². The van der Waals surface area contributed by atoms with Crippen LogP contribution < -0.4 is 10.1 Å². The molecule has 4 nitrogen and oxygen atoms in total. The molecule has 0 radical (unpaired) electrons. The molecule has 2 rings (SSSR count). The number of hydrogen-bond acceptors (Lipinski definition) is 4. The number of aromatic nitrogens is 2. The normalized spacial score (nSPS) is 11.9. The number of rotatable bonds is 5. The predicted octanol–water partition coefficient (Wildman–Crippen LogP) is 3.32. The van der Waals surface area contributed by atoms with Gasteiger partial charge in [-0.3, -0.25) is 0 Å². The van der Waals surface area contributed by atoms with E-state index in [0.29, 0.717) is 17.4 Å². The fraction of sp³-hybridized carbons (Fsp3) is 0.286. The fourth-order valence-corrected chi connectivity index (χ4v) is 1.72. The highest BCUT2D eigenvalue weighted by Crippen LogP contribution is 2.21. The summed E-state index contributed by atoms with van der Waals surface area (Å²) in [6.07, 6.45) is 1.49. The van der Waals surface area contributed by atoms with Crippen molar-refractivity contribution in [3.05, 3.63) is 47.4 Å². The first-order valence-corrected chi connectivity index (χ1v) is 6.46. The van der Waals surface area contributed by atoms with Crippen molar-refractivity contribution in [3.63, 3.8) is 0 Å². The van der Waals surface area contributed by atoms with Crippen LogP contribution in [0.4, 0.5) is 5.82 Å². The third kappa shape index (κ3) is 3.83. The van der Waals surface area contributed by atoms with Crippen molar-refractivity contribution in [2.45, 2.75) is 19.9 Å². The molecule has 0 amide bonds. The van der Waals surface area contributed by atoms with Crippen LogP contribution in [0, 0.1) is 6.92 Å². The van der Waals surface area contributed by atoms with Crippen LogP contribution in [-0.4, -0.2) is 22.6 Å². The smallest absolute Gasteiger partial charge is 0.148 e. The summed E-state index contributed by atoms with van der Waals surface area (Å²) in [5.41, 5.74) is 0.760. The zero-order valence-corrected chi connectivity index (χ0v) is 11.7. The molecular weight excluding hydrogens is 262 g/mol. The Morgan fingerprint density at radius 3 is 2.74 bits per heavy atom. The molecular formula is C14H16ClN3O. The Balaban J connectivity index is 1.91. The molecule has 1 heterocycles.